The van der Waals surface area contributed by atoms with Gasteiger partial charge < -0.3 is 28.4 Å². The number of ether oxygens (including phenoxy) is 6. The number of benzene rings is 6. The lowest BCUT2D eigenvalue weighted by Crippen LogP contribution is -2.38. The number of hydrogen-bond donors (Lipinski definition) is 0. The van der Waals surface area contributed by atoms with Crippen molar-refractivity contribution < 1.29 is 42.8 Å². The van der Waals surface area contributed by atoms with Gasteiger partial charge in [-0.25, -0.2) is 0 Å². The Morgan fingerprint density at radius 2 is 0.617 bits per heavy atom. The molecule has 0 radical (unpaired) electrons. The van der Waals surface area contributed by atoms with Crippen molar-refractivity contribution in [3.8, 4) is 34.5 Å². The number of piperidine rings is 3. The summed E-state index contributed by atoms with van der Waals surface area (Å²) in [6.07, 6.45) is 11.8. The Labute approximate surface area is 581 Å². The molecule has 6 aromatic carbocycles. The van der Waals surface area contributed by atoms with Gasteiger partial charge in [-0.15, -0.1) is 0 Å². The molecule has 0 amide bonds. The molecule has 14 heteroatoms. The number of ketones is 3. The monoisotopic (exact) mass is 1410 g/mol. The second kappa shape index (κ2) is 36.9. The van der Waals surface area contributed by atoms with E-state index in [1.165, 1.54) is 29.5 Å². The molecular weight excluding hydrogens is 1310 g/mol. The molecule has 512 valence electrons. The second-order valence-corrected chi connectivity index (χ2v) is 28.4. The van der Waals surface area contributed by atoms with Crippen LogP contribution in [0.1, 0.15) is 178 Å². The summed E-state index contributed by atoms with van der Waals surface area (Å²) < 4.78 is 31.5. The van der Waals surface area contributed by atoms with Gasteiger partial charge in [-0.05, 0) is 204 Å². The SMILES string of the molecule is C.CC.CC.CC.COc1cc2c(cc1OC)C(=O)C(Br)(CC1CCN(Cc3ccccc3)CC1)C2.COc1cc2c(cc1OC)C(=O)C(Br)(CC1CCN(Cc3ccccc3)CC1)C2.COc1cc2c(cc1OC)C(=O)C(C)(CC1CCN(Cc3ccccc3)CC1)C2. The van der Waals surface area contributed by atoms with Crippen molar-refractivity contribution in [2.24, 2.45) is 23.2 Å². The first-order valence-electron chi connectivity index (χ1n) is 34.1. The van der Waals surface area contributed by atoms with Crippen LogP contribution >= 0.6 is 31.9 Å². The smallest absolute Gasteiger partial charge is 0.180 e. The van der Waals surface area contributed by atoms with Crippen LogP contribution in [-0.2, 0) is 38.9 Å². The normalized spacial score (nSPS) is 21.0. The highest BCUT2D eigenvalue weighted by Gasteiger charge is 2.48. The van der Waals surface area contributed by atoms with Crippen molar-refractivity contribution in [2.45, 2.75) is 161 Å². The van der Waals surface area contributed by atoms with E-state index in [0.29, 0.717) is 65.1 Å². The summed E-state index contributed by atoms with van der Waals surface area (Å²) in [5.74, 6) is 6.29. The zero-order chi connectivity index (χ0) is 67.3. The molecule has 3 fully saturated rings. The summed E-state index contributed by atoms with van der Waals surface area (Å²) in [5, 5.41) is 0. The Kier molecular flexibility index (Phi) is 30.2. The van der Waals surface area contributed by atoms with Gasteiger partial charge in [0.2, 0.25) is 0 Å². The number of fused-ring (bicyclic) bond motifs is 3. The number of nitrogens with zero attached hydrogens (tertiary/aromatic N) is 3. The van der Waals surface area contributed by atoms with Crippen LogP contribution in [0.2, 0.25) is 0 Å². The molecule has 0 saturated carbocycles. The van der Waals surface area contributed by atoms with E-state index < -0.39 is 8.65 Å². The minimum Gasteiger partial charge on any atom is -0.493 e. The van der Waals surface area contributed by atoms with Crippen LogP contribution in [-0.4, -0.2) is 123 Å². The Morgan fingerprint density at radius 1 is 0.372 bits per heavy atom. The predicted octanol–water partition coefficient (Wildman–Crippen LogP) is 18.2. The maximum absolute atomic E-state index is 13.3. The van der Waals surface area contributed by atoms with Crippen LogP contribution in [0.3, 0.4) is 0 Å². The first kappa shape index (κ1) is 77.0. The Hall–Kier alpha value is -6.03. The summed E-state index contributed by atoms with van der Waals surface area (Å²) in [6, 6.07) is 43.4. The molecule has 94 heavy (non-hydrogen) atoms. The molecule has 0 aromatic heterocycles. The molecule has 6 aromatic rings. The largest absolute Gasteiger partial charge is 0.493 e. The topological polar surface area (TPSA) is 116 Å². The van der Waals surface area contributed by atoms with E-state index in [0.717, 1.165) is 144 Å². The predicted molar refractivity (Wildman–Crippen MR) is 392 cm³/mol. The highest BCUT2D eigenvalue weighted by atomic mass is 79.9. The lowest BCUT2D eigenvalue weighted by atomic mass is 9.75. The number of alkyl halides is 2. The summed E-state index contributed by atoms with van der Waals surface area (Å²) in [6.45, 7) is 23.8. The minimum absolute atomic E-state index is 0. The number of carbonyl (C=O) groups excluding carboxylic acids is 3. The second-order valence-electron chi connectivity index (χ2n) is 25.3. The van der Waals surface area contributed by atoms with Crippen LogP contribution < -0.4 is 28.4 Å². The van der Waals surface area contributed by atoms with Gasteiger partial charge >= 0.3 is 0 Å². The Bertz CT molecular complexity index is 2980. The molecule has 12 rings (SSSR count). The van der Waals surface area contributed by atoms with Gasteiger partial charge in [0.15, 0.2) is 51.8 Å². The molecule has 0 spiro atoms. The van der Waals surface area contributed by atoms with Gasteiger partial charge in [-0.1, -0.05) is 179 Å². The molecule has 3 heterocycles. The summed E-state index contributed by atoms with van der Waals surface area (Å²) in [4.78, 5) is 47.3. The highest BCUT2D eigenvalue weighted by molar-refractivity contribution is 9.10. The fourth-order valence-corrected chi connectivity index (χ4v) is 16.5. The molecule has 3 saturated heterocycles. The first-order chi connectivity index (χ1) is 45.1. The lowest BCUT2D eigenvalue weighted by molar-refractivity contribution is 0.0758. The van der Waals surface area contributed by atoms with E-state index in [9.17, 15) is 14.4 Å². The molecule has 0 bridgehead atoms. The molecule has 6 aliphatic rings. The van der Waals surface area contributed by atoms with Gasteiger partial charge in [0.25, 0.3) is 0 Å². The maximum Gasteiger partial charge on any atom is 0.180 e. The van der Waals surface area contributed by atoms with Crippen LogP contribution in [0.4, 0.5) is 0 Å². The van der Waals surface area contributed by atoms with Crippen molar-refractivity contribution in [2.75, 3.05) is 81.9 Å². The number of methoxy groups -OCH3 is 6. The van der Waals surface area contributed by atoms with Crippen LogP contribution in [0.5, 0.6) is 34.5 Å². The first-order valence-corrected chi connectivity index (χ1v) is 35.7. The van der Waals surface area contributed by atoms with E-state index in [1.54, 1.807) is 42.7 Å². The molecule has 3 atom stereocenters. The van der Waals surface area contributed by atoms with Crippen molar-refractivity contribution >= 4 is 49.2 Å². The quantitative estimate of drug-likeness (QED) is 0.0763. The number of likely N-dealkylation sites (tertiary alicyclic amines) is 3. The van der Waals surface area contributed by atoms with E-state index in [-0.39, 0.29) is 30.2 Å². The number of rotatable bonds is 18. The fraction of sp³-hybridized carbons (Fsp3) is 0.512. The molecule has 3 unspecified atom stereocenters. The van der Waals surface area contributed by atoms with E-state index in [4.69, 9.17) is 28.4 Å². The third-order valence-corrected chi connectivity index (χ3v) is 21.2. The van der Waals surface area contributed by atoms with Gasteiger partial charge in [-0.3, -0.25) is 29.1 Å². The molecule has 12 nitrogen and oxygen atoms in total. The standard InChI is InChI=1S/C25H31NO3.2C24H28BrNO3.3C2H6.CH4/c1-25(16-20-13-22(28-2)23(29-3)14-21(20)24(25)27)15-18-9-11-26(12-10-18)17-19-7-5-4-6-8-19;2*1-28-21-12-19-15-24(25,23(27)20(19)13-22(21)29-2)14-17-8-10-26(11-9-17)16-18-6-4-3-5-7-18;3*1-2;/h4-8,13-14,18H,9-12,15-17H2,1-3H3;2*3-7,12-13,17H,8-11,14-16H2,1-2H3;3*1-2H3;1H4. The summed E-state index contributed by atoms with van der Waals surface area (Å²) in [7, 11) is 9.73. The number of halogens is 2. The zero-order valence-electron chi connectivity index (χ0n) is 58.0. The molecular formula is C80H109Br2N3O9. The Morgan fingerprint density at radius 3 is 0.894 bits per heavy atom. The van der Waals surface area contributed by atoms with E-state index in [1.807, 2.05) is 77.9 Å². The number of hydrogen-bond acceptors (Lipinski definition) is 12. The van der Waals surface area contributed by atoms with Crippen molar-refractivity contribution in [1.82, 2.24) is 14.7 Å². The van der Waals surface area contributed by atoms with Crippen molar-refractivity contribution in [1.29, 1.82) is 0 Å². The minimum atomic E-state index is -0.501. The number of carbonyl (C=O) groups is 3. The van der Waals surface area contributed by atoms with Gasteiger partial charge in [0.1, 0.15) is 0 Å². The molecule has 0 N–H and O–H groups in total. The summed E-state index contributed by atoms with van der Waals surface area (Å²) >= 11 is 7.69. The van der Waals surface area contributed by atoms with Crippen LogP contribution in [0.25, 0.3) is 0 Å². The average Bonchev–Trinajstić information content (AvgIpc) is 1.63. The van der Waals surface area contributed by atoms with Gasteiger partial charge in [0.05, 0.1) is 51.3 Å². The van der Waals surface area contributed by atoms with Gasteiger partial charge in [0, 0.05) is 41.7 Å². The van der Waals surface area contributed by atoms with Crippen LogP contribution in [0, 0.1) is 23.2 Å². The average molecular weight is 1420 g/mol. The Balaban J connectivity index is 0.000000213. The lowest BCUT2D eigenvalue weighted by Gasteiger charge is -2.35. The number of Topliss-reactive ketones (excluding diaryl/α,β-unsaturated/α-hetero) is 3. The maximum atomic E-state index is 13.3. The van der Waals surface area contributed by atoms with E-state index >= 15 is 0 Å². The summed E-state index contributed by atoms with van der Waals surface area (Å²) in [5.41, 5.74) is 9.33. The highest BCUT2D eigenvalue weighted by Crippen LogP contribution is 2.49. The molecule has 3 aliphatic carbocycles. The van der Waals surface area contributed by atoms with Crippen molar-refractivity contribution in [3.63, 3.8) is 0 Å². The third kappa shape index (κ3) is 19.2. The third-order valence-electron chi connectivity index (χ3n) is 19.3. The molecule has 3 aliphatic heterocycles. The van der Waals surface area contributed by atoms with Gasteiger partial charge in [-0.2, -0.15) is 0 Å². The zero-order valence-corrected chi connectivity index (χ0v) is 61.1. The van der Waals surface area contributed by atoms with E-state index in [2.05, 4.69) is 144 Å². The fourth-order valence-electron chi connectivity index (χ4n) is 14.5. The van der Waals surface area contributed by atoms with Crippen molar-refractivity contribution in [3.05, 3.63) is 177 Å². The van der Waals surface area contributed by atoms with Crippen LogP contribution in [0.15, 0.2) is 127 Å².